The number of nitrogens with two attached hydrogens (primary N) is 1. The molecule has 21 heavy (non-hydrogen) atoms. The largest absolute Gasteiger partial charge is 0.478 e. The summed E-state index contributed by atoms with van der Waals surface area (Å²) in [6, 6.07) is 8.84. The zero-order chi connectivity index (χ0) is 15.6. The minimum Gasteiger partial charge on any atom is -0.478 e. The molecule has 0 spiro atoms. The Morgan fingerprint density at radius 2 is 1.86 bits per heavy atom. The second kappa shape index (κ2) is 6.03. The fraction of sp³-hybridized carbons (Fsp3) is 0. The molecule has 0 saturated heterocycles. The normalized spacial score (nSPS) is 10.2. The summed E-state index contributed by atoms with van der Waals surface area (Å²) in [5.74, 6) is -1.77. The molecule has 108 valence electrons. The summed E-state index contributed by atoms with van der Waals surface area (Å²) in [6.07, 6.45) is 0. The standard InChI is InChI=1S/C14H10Cl2N2O3/c15-8-5-10(14(20)21)12(11(16)6-8)18-13(19)7-2-1-3-9(17)4-7/h1-6H,17H2,(H,18,19)(H,20,21). The lowest BCUT2D eigenvalue weighted by Crippen LogP contribution is -2.15. The van der Waals surface area contributed by atoms with Crippen LogP contribution in [0.5, 0.6) is 0 Å². The van der Waals surface area contributed by atoms with Crippen molar-refractivity contribution in [2.45, 2.75) is 0 Å². The lowest BCUT2D eigenvalue weighted by atomic mass is 10.1. The van der Waals surface area contributed by atoms with E-state index in [0.29, 0.717) is 5.69 Å². The molecule has 0 radical (unpaired) electrons. The predicted octanol–water partition coefficient (Wildman–Crippen LogP) is 3.53. The van der Waals surface area contributed by atoms with Crippen LogP contribution in [0.1, 0.15) is 20.7 Å². The number of carboxylic acids is 1. The van der Waals surface area contributed by atoms with Gasteiger partial charge in [-0.3, -0.25) is 4.79 Å². The maximum absolute atomic E-state index is 12.1. The minimum atomic E-state index is -1.25. The topological polar surface area (TPSA) is 92.4 Å². The molecule has 0 aliphatic heterocycles. The van der Waals surface area contributed by atoms with Gasteiger partial charge in [0.15, 0.2) is 0 Å². The first-order valence-electron chi connectivity index (χ1n) is 5.77. The number of aromatic carboxylic acids is 1. The average molecular weight is 325 g/mol. The van der Waals surface area contributed by atoms with Crippen molar-refractivity contribution in [1.29, 1.82) is 0 Å². The molecule has 0 heterocycles. The van der Waals surface area contributed by atoms with Crippen LogP contribution in [-0.4, -0.2) is 17.0 Å². The summed E-state index contributed by atoms with van der Waals surface area (Å²) in [5.41, 5.74) is 6.11. The van der Waals surface area contributed by atoms with Crippen LogP contribution >= 0.6 is 23.2 Å². The fourth-order valence-electron chi connectivity index (χ4n) is 1.73. The first-order valence-corrected chi connectivity index (χ1v) is 6.53. The highest BCUT2D eigenvalue weighted by molar-refractivity contribution is 6.38. The minimum absolute atomic E-state index is 0.0130. The molecule has 2 aromatic rings. The second-order valence-electron chi connectivity index (χ2n) is 4.19. The van der Waals surface area contributed by atoms with E-state index in [1.807, 2.05) is 0 Å². The molecule has 0 bridgehead atoms. The highest BCUT2D eigenvalue weighted by Crippen LogP contribution is 2.30. The van der Waals surface area contributed by atoms with Crippen molar-refractivity contribution in [3.05, 3.63) is 57.6 Å². The Balaban J connectivity index is 2.39. The number of halogens is 2. The lowest BCUT2D eigenvalue weighted by molar-refractivity contribution is 0.0698. The van der Waals surface area contributed by atoms with Crippen LogP contribution in [0, 0.1) is 0 Å². The number of carbonyl (C=O) groups is 2. The predicted molar refractivity (Wildman–Crippen MR) is 82.2 cm³/mol. The number of carbonyl (C=O) groups excluding carboxylic acids is 1. The zero-order valence-electron chi connectivity index (χ0n) is 10.6. The van der Waals surface area contributed by atoms with Crippen LogP contribution in [0.4, 0.5) is 11.4 Å². The molecule has 2 aromatic carbocycles. The summed E-state index contributed by atoms with van der Waals surface area (Å²) in [4.78, 5) is 23.3. The van der Waals surface area contributed by atoms with Crippen molar-refractivity contribution < 1.29 is 14.7 Å². The molecule has 2 rings (SSSR count). The van der Waals surface area contributed by atoms with Crippen molar-refractivity contribution in [3.8, 4) is 0 Å². The molecule has 0 aliphatic carbocycles. The SMILES string of the molecule is Nc1cccc(C(=O)Nc2c(Cl)cc(Cl)cc2C(=O)O)c1. The first-order chi connectivity index (χ1) is 9.88. The van der Waals surface area contributed by atoms with Crippen LogP contribution in [0.25, 0.3) is 0 Å². The third-order valence-corrected chi connectivity index (χ3v) is 3.19. The maximum Gasteiger partial charge on any atom is 0.337 e. The first kappa shape index (κ1) is 15.2. The number of benzene rings is 2. The Morgan fingerprint density at radius 3 is 2.48 bits per heavy atom. The van der Waals surface area contributed by atoms with Gasteiger partial charge in [0, 0.05) is 16.3 Å². The Labute approximate surface area is 130 Å². The summed E-state index contributed by atoms with van der Waals surface area (Å²) < 4.78 is 0. The van der Waals surface area contributed by atoms with Gasteiger partial charge >= 0.3 is 5.97 Å². The molecule has 7 heteroatoms. The molecule has 0 aromatic heterocycles. The van der Waals surface area contributed by atoms with Crippen molar-refractivity contribution in [1.82, 2.24) is 0 Å². The van der Waals surface area contributed by atoms with E-state index < -0.39 is 11.9 Å². The summed E-state index contributed by atoms with van der Waals surface area (Å²) in [6.45, 7) is 0. The maximum atomic E-state index is 12.1. The van der Waals surface area contributed by atoms with Gasteiger partial charge in [-0.05, 0) is 30.3 Å². The number of rotatable bonds is 3. The molecule has 0 saturated carbocycles. The number of anilines is 2. The molecule has 0 unspecified atom stereocenters. The van der Waals surface area contributed by atoms with Gasteiger partial charge in [0.25, 0.3) is 5.91 Å². The van der Waals surface area contributed by atoms with Crippen LogP contribution in [0.15, 0.2) is 36.4 Å². The van der Waals surface area contributed by atoms with Crippen molar-refractivity contribution in [3.63, 3.8) is 0 Å². The van der Waals surface area contributed by atoms with E-state index in [-0.39, 0.29) is 26.9 Å². The molecule has 1 amide bonds. The van der Waals surface area contributed by atoms with Crippen LogP contribution in [0.3, 0.4) is 0 Å². The molecule has 0 fully saturated rings. The Bertz CT molecular complexity index is 732. The summed E-state index contributed by atoms with van der Waals surface area (Å²) in [5, 5.41) is 11.8. The third kappa shape index (κ3) is 3.45. The van der Waals surface area contributed by atoms with Crippen LogP contribution in [-0.2, 0) is 0 Å². The Kier molecular flexibility index (Phi) is 4.35. The molecule has 4 N–H and O–H groups in total. The van der Waals surface area contributed by atoms with E-state index in [4.69, 9.17) is 34.0 Å². The van der Waals surface area contributed by atoms with E-state index in [2.05, 4.69) is 5.32 Å². The number of nitrogens with one attached hydrogen (secondary N) is 1. The number of carboxylic acid groups (broad SMARTS) is 1. The monoisotopic (exact) mass is 324 g/mol. The smallest absolute Gasteiger partial charge is 0.337 e. The number of nitrogen functional groups attached to an aromatic ring is 1. The third-order valence-electron chi connectivity index (χ3n) is 2.67. The van der Waals surface area contributed by atoms with Gasteiger partial charge in [-0.2, -0.15) is 0 Å². The molecule has 5 nitrogen and oxygen atoms in total. The van der Waals surface area contributed by atoms with E-state index in [0.717, 1.165) is 0 Å². The van der Waals surface area contributed by atoms with Crippen molar-refractivity contribution in [2.75, 3.05) is 11.1 Å². The molecule has 0 atom stereocenters. The van der Waals surface area contributed by atoms with E-state index in [9.17, 15) is 9.59 Å². The lowest BCUT2D eigenvalue weighted by Gasteiger charge is -2.11. The van der Waals surface area contributed by atoms with Gasteiger partial charge in [-0.15, -0.1) is 0 Å². The van der Waals surface area contributed by atoms with Crippen LogP contribution < -0.4 is 11.1 Å². The van der Waals surface area contributed by atoms with Gasteiger partial charge in [0.05, 0.1) is 16.3 Å². The zero-order valence-corrected chi connectivity index (χ0v) is 12.1. The van der Waals surface area contributed by atoms with Gasteiger partial charge < -0.3 is 16.2 Å². The highest BCUT2D eigenvalue weighted by atomic mass is 35.5. The average Bonchev–Trinajstić information content (AvgIpc) is 2.41. The summed E-state index contributed by atoms with van der Waals surface area (Å²) >= 11 is 11.7. The Morgan fingerprint density at radius 1 is 1.14 bits per heavy atom. The second-order valence-corrected chi connectivity index (χ2v) is 5.04. The van der Waals surface area contributed by atoms with Crippen molar-refractivity contribution in [2.24, 2.45) is 0 Å². The van der Waals surface area contributed by atoms with Gasteiger partial charge in [-0.1, -0.05) is 29.3 Å². The van der Waals surface area contributed by atoms with E-state index in [1.54, 1.807) is 18.2 Å². The molecular formula is C14H10Cl2N2O3. The Hall–Kier alpha value is -2.24. The van der Waals surface area contributed by atoms with E-state index in [1.165, 1.54) is 18.2 Å². The quantitative estimate of drug-likeness (QED) is 0.753. The highest BCUT2D eigenvalue weighted by Gasteiger charge is 2.18. The van der Waals surface area contributed by atoms with Gasteiger partial charge in [-0.25, -0.2) is 4.79 Å². The summed E-state index contributed by atoms with van der Waals surface area (Å²) in [7, 11) is 0. The molecular weight excluding hydrogens is 315 g/mol. The van der Waals surface area contributed by atoms with E-state index >= 15 is 0 Å². The van der Waals surface area contributed by atoms with Crippen LogP contribution in [0.2, 0.25) is 10.0 Å². The molecule has 0 aliphatic rings. The van der Waals surface area contributed by atoms with Gasteiger partial charge in [0.1, 0.15) is 0 Å². The fourth-order valence-corrected chi connectivity index (χ4v) is 2.28. The number of amides is 1. The van der Waals surface area contributed by atoms with Crippen molar-refractivity contribution >= 4 is 46.5 Å². The number of hydrogen-bond donors (Lipinski definition) is 3. The van der Waals surface area contributed by atoms with Gasteiger partial charge in [0.2, 0.25) is 0 Å². The number of hydrogen-bond acceptors (Lipinski definition) is 3.